The van der Waals surface area contributed by atoms with Gasteiger partial charge in [0.1, 0.15) is 12.3 Å². The number of nitrogens with zero attached hydrogens (tertiary/aromatic N) is 1. The summed E-state index contributed by atoms with van der Waals surface area (Å²) in [4.78, 5) is 11.6. The molecule has 1 heterocycles. The van der Waals surface area contributed by atoms with Crippen LogP contribution in [0.5, 0.6) is 5.75 Å². The number of hydrogen-bond acceptors (Lipinski definition) is 2. The highest BCUT2D eigenvalue weighted by Gasteiger charge is 2.21. The van der Waals surface area contributed by atoms with Crippen LogP contribution in [-0.2, 0) is 11.3 Å². The fourth-order valence-electron chi connectivity index (χ4n) is 3.55. The number of fused-ring (bicyclic) bond motifs is 1. The molecule has 3 aromatic carbocycles. The van der Waals surface area contributed by atoms with Crippen LogP contribution in [0.3, 0.4) is 0 Å². The maximum Gasteiger partial charge on any atom is 0.323 e. The molecule has 1 aromatic heterocycles. The highest BCUT2D eigenvalue weighted by atomic mass is 16.5. The first-order valence-electron chi connectivity index (χ1n) is 8.72. The van der Waals surface area contributed by atoms with Gasteiger partial charge in [0, 0.05) is 17.0 Å². The van der Waals surface area contributed by atoms with Crippen molar-refractivity contribution in [1.82, 2.24) is 4.57 Å². The van der Waals surface area contributed by atoms with E-state index in [1.54, 1.807) is 7.11 Å². The molecule has 0 radical (unpaired) electrons. The molecule has 4 heteroatoms. The molecule has 4 rings (SSSR count). The largest absolute Gasteiger partial charge is 0.497 e. The van der Waals surface area contributed by atoms with Crippen molar-refractivity contribution in [3.8, 4) is 28.1 Å². The molecule has 0 aliphatic rings. The predicted octanol–water partition coefficient (Wildman–Crippen LogP) is 5.07. The number of carboxylic acids is 1. The van der Waals surface area contributed by atoms with Gasteiger partial charge in [-0.3, -0.25) is 4.79 Å². The van der Waals surface area contributed by atoms with E-state index in [0.29, 0.717) is 5.75 Å². The van der Waals surface area contributed by atoms with Crippen LogP contribution in [0.15, 0.2) is 78.9 Å². The van der Waals surface area contributed by atoms with Crippen LogP contribution in [0.1, 0.15) is 0 Å². The van der Waals surface area contributed by atoms with Crippen LogP contribution in [0.25, 0.3) is 33.3 Å². The Morgan fingerprint density at radius 1 is 0.926 bits per heavy atom. The number of methoxy groups -OCH3 is 1. The van der Waals surface area contributed by atoms with E-state index in [-0.39, 0.29) is 6.54 Å². The van der Waals surface area contributed by atoms with Crippen molar-refractivity contribution >= 4 is 16.9 Å². The van der Waals surface area contributed by atoms with Gasteiger partial charge in [-0.15, -0.1) is 0 Å². The Hall–Kier alpha value is -3.53. The van der Waals surface area contributed by atoms with Crippen molar-refractivity contribution in [2.45, 2.75) is 6.54 Å². The molecule has 0 fully saturated rings. The van der Waals surface area contributed by atoms with E-state index >= 15 is 0 Å². The maximum atomic E-state index is 11.6. The summed E-state index contributed by atoms with van der Waals surface area (Å²) in [7, 11) is 1.61. The molecule has 27 heavy (non-hydrogen) atoms. The van der Waals surface area contributed by atoms with Crippen molar-refractivity contribution in [1.29, 1.82) is 0 Å². The first-order valence-corrected chi connectivity index (χ1v) is 8.72. The molecule has 0 aliphatic heterocycles. The quantitative estimate of drug-likeness (QED) is 0.543. The summed E-state index contributed by atoms with van der Waals surface area (Å²) in [5.74, 6) is -0.183. The molecule has 0 aliphatic carbocycles. The summed E-state index contributed by atoms with van der Waals surface area (Å²) >= 11 is 0. The Morgan fingerprint density at radius 2 is 1.56 bits per heavy atom. The summed E-state index contributed by atoms with van der Waals surface area (Å²) in [5, 5.41) is 10.6. The van der Waals surface area contributed by atoms with Crippen LogP contribution in [0.2, 0.25) is 0 Å². The molecule has 1 N–H and O–H groups in total. The van der Waals surface area contributed by atoms with Gasteiger partial charge in [0.25, 0.3) is 0 Å². The van der Waals surface area contributed by atoms with Crippen molar-refractivity contribution in [2.75, 3.05) is 7.11 Å². The summed E-state index contributed by atoms with van der Waals surface area (Å²) in [6.45, 7) is -0.124. The average Bonchev–Trinajstić information content (AvgIpc) is 3.02. The zero-order chi connectivity index (χ0) is 18.8. The summed E-state index contributed by atoms with van der Waals surface area (Å²) in [6.07, 6.45) is 0. The van der Waals surface area contributed by atoms with Crippen molar-refractivity contribution in [2.24, 2.45) is 0 Å². The molecular weight excluding hydrogens is 338 g/mol. The van der Waals surface area contributed by atoms with Crippen LogP contribution >= 0.6 is 0 Å². The highest BCUT2D eigenvalue weighted by molar-refractivity contribution is 6.05. The van der Waals surface area contributed by atoms with Gasteiger partial charge in [0.05, 0.1) is 18.3 Å². The molecular formula is C23H19NO3. The van der Waals surface area contributed by atoms with Crippen LogP contribution in [0, 0.1) is 0 Å². The second-order valence-electron chi connectivity index (χ2n) is 6.32. The van der Waals surface area contributed by atoms with Gasteiger partial charge < -0.3 is 14.4 Å². The summed E-state index contributed by atoms with van der Waals surface area (Å²) in [5.41, 5.74) is 4.80. The number of carbonyl (C=O) groups is 1. The summed E-state index contributed by atoms with van der Waals surface area (Å²) < 4.78 is 7.24. The van der Waals surface area contributed by atoms with Crippen molar-refractivity contribution in [3.63, 3.8) is 0 Å². The zero-order valence-electron chi connectivity index (χ0n) is 14.9. The smallest absolute Gasteiger partial charge is 0.323 e. The first kappa shape index (κ1) is 16.9. The van der Waals surface area contributed by atoms with Crippen LogP contribution in [0.4, 0.5) is 0 Å². The fourth-order valence-corrected chi connectivity index (χ4v) is 3.55. The Bertz CT molecular complexity index is 1100. The van der Waals surface area contributed by atoms with Gasteiger partial charge in [-0.05, 0) is 23.3 Å². The molecule has 4 aromatic rings. The van der Waals surface area contributed by atoms with Gasteiger partial charge in [-0.2, -0.15) is 0 Å². The highest BCUT2D eigenvalue weighted by Crippen LogP contribution is 2.41. The van der Waals surface area contributed by atoms with Crippen molar-refractivity contribution in [3.05, 3.63) is 78.9 Å². The normalized spacial score (nSPS) is 10.9. The van der Waals surface area contributed by atoms with E-state index in [1.807, 2.05) is 71.3 Å². The maximum absolute atomic E-state index is 11.6. The number of ether oxygens (including phenoxy) is 1. The lowest BCUT2D eigenvalue weighted by molar-refractivity contribution is -0.137. The Kier molecular flexibility index (Phi) is 4.38. The van der Waals surface area contributed by atoms with E-state index in [4.69, 9.17) is 4.74 Å². The minimum Gasteiger partial charge on any atom is -0.497 e. The lowest BCUT2D eigenvalue weighted by Crippen LogP contribution is -2.10. The monoisotopic (exact) mass is 357 g/mol. The molecule has 4 nitrogen and oxygen atoms in total. The molecule has 0 saturated carbocycles. The van der Waals surface area contributed by atoms with Crippen LogP contribution < -0.4 is 4.74 Å². The van der Waals surface area contributed by atoms with Gasteiger partial charge >= 0.3 is 5.97 Å². The third kappa shape index (κ3) is 3.06. The van der Waals surface area contributed by atoms with E-state index in [0.717, 1.165) is 33.3 Å². The number of aliphatic carboxylic acids is 1. The van der Waals surface area contributed by atoms with Gasteiger partial charge in [-0.25, -0.2) is 0 Å². The average molecular weight is 357 g/mol. The Balaban J connectivity index is 2.14. The Morgan fingerprint density at radius 3 is 2.15 bits per heavy atom. The first-order chi connectivity index (χ1) is 13.2. The second kappa shape index (κ2) is 7.00. The number of carboxylic acid groups (broad SMARTS) is 1. The third-order valence-corrected chi connectivity index (χ3v) is 4.67. The number of aromatic nitrogens is 1. The molecule has 0 amide bonds. The van der Waals surface area contributed by atoms with Gasteiger partial charge in [0.2, 0.25) is 0 Å². The fraction of sp³-hybridized carbons (Fsp3) is 0.0870. The minimum atomic E-state index is -0.883. The molecule has 0 spiro atoms. The molecule has 0 atom stereocenters. The second-order valence-corrected chi connectivity index (χ2v) is 6.32. The third-order valence-electron chi connectivity index (χ3n) is 4.67. The number of hydrogen-bond donors (Lipinski definition) is 1. The minimum absolute atomic E-state index is 0.124. The standard InChI is InChI=1S/C23H19NO3/c1-27-18-12-13-19-20(14-18)24(15-21(25)26)23(17-10-6-3-7-11-17)22(19)16-8-4-2-5-9-16/h2-14H,15H2,1H3,(H,25,26). The lowest BCUT2D eigenvalue weighted by atomic mass is 9.98. The van der Waals surface area contributed by atoms with Crippen molar-refractivity contribution < 1.29 is 14.6 Å². The van der Waals surface area contributed by atoms with Gasteiger partial charge in [0.15, 0.2) is 0 Å². The van der Waals surface area contributed by atoms with E-state index < -0.39 is 5.97 Å². The lowest BCUT2D eigenvalue weighted by Gasteiger charge is -2.11. The Labute approximate surface area is 157 Å². The topological polar surface area (TPSA) is 51.5 Å². The predicted molar refractivity (Wildman–Crippen MR) is 107 cm³/mol. The molecule has 0 bridgehead atoms. The van der Waals surface area contributed by atoms with Gasteiger partial charge in [-0.1, -0.05) is 60.7 Å². The SMILES string of the molecule is COc1ccc2c(-c3ccccc3)c(-c3ccccc3)n(CC(=O)O)c2c1. The zero-order valence-corrected chi connectivity index (χ0v) is 14.9. The summed E-state index contributed by atoms with van der Waals surface area (Å²) in [6, 6.07) is 25.8. The van der Waals surface area contributed by atoms with E-state index in [1.165, 1.54) is 0 Å². The molecule has 134 valence electrons. The van der Waals surface area contributed by atoms with E-state index in [9.17, 15) is 9.90 Å². The molecule has 0 unspecified atom stereocenters. The van der Waals surface area contributed by atoms with Crippen LogP contribution in [-0.4, -0.2) is 22.8 Å². The number of benzene rings is 3. The van der Waals surface area contributed by atoms with E-state index in [2.05, 4.69) is 12.1 Å². The number of rotatable bonds is 5. The molecule has 0 saturated heterocycles.